The molecule has 0 bridgehead atoms. The lowest BCUT2D eigenvalue weighted by Gasteiger charge is -2.22. The summed E-state index contributed by atoms with van der Waals surface area (Å²) in [4.78, 5) is 18.1. The number of hydrogen-bond donors (Lipinski definition) is 0. The summed E-state index contributed by atoms with van der Waals surface area (Å²) in [6.45, 7) is 11.3. The third kappa shape index (κ3) is 6.12. The van der Waals surface area contributed by atoms with Gasteiger partial charge in [-0.05, 0) is 61.7 Å². The first-order chi connectivity index (χ1) is 16.7. The number of benzene rings is 2. The number of unbranched alkanes of at least 4 members (excludes halogenated alkanes) is 2. The minimum absolute atomic E-state index is 0.190. The second-order valence-electron chi connectivity index (χ2n) is 8.36. The molecule has 1 aromatic heterocycles. The van der Waals surface area contributed by atoms with Crippen molar-refractivity contribution in [3.05, 3.63) is 70.0 Å². The Labute approximate surface area is 216 Å². The van der Waals surface area contributed by atoms with Crippen LogP contribution in [0.5, 0.6) is 0 Å². The zero-order chi connectivity index (χ0) is 25.6. The van der Waals surface area contributed by atoms with E-state index in [1.807, 2.05) is 37.5 Å². The average Bonchev–Trinajstić information content (AvgIpc) is 3.19. The van der Waals surface area contributed by atoms with Crippen LogP contribution in [0.3, 0.4) is 0 Å². The predicted octanol–water partition coefficient (Wildman–Crippen LogP) is 6.18. The van der Waals surface area contributed by atoms with E-state index in [2.05, 4.69) is 11.6 Å². The van der Waals surface area contributed by atoms with E-state index in [1.165, 1.54) is 35.6 Å². The van der Waals surface area contributed by atoms with Crippen molar-refractivity contribution in [1.29, 1.82) is 0 Å². The van der Waals surface area contributed by atoms with Crippen LogP contribution in [0.4, 0.5) is 0 Å². The van der Waals surface area contributed by atoms with Gasteiger partial charge < -0.3 is 4.57 Å². The van der Waals surface area contributed by atoms with Crippen molar-refractivity contribution in [2.75, 3.05) is 13.1 Å². The third-order valence-electron chi connectivity index (χ3n) is 5.80. The molecule has 0 unspecified atom stereocenters. The molecule has 0 aliphatic carbocycles. The number of carbonyl (C=O) groups is 1. The SMILES string of the molecule is C=CCn1c(=NC(=O)c2ccc(S(=O)(=O)N(CCCC)CCCC)cc2)sc2ccc(Cl)c(C)c21. The molecule has 9 heteroatoms. The Morgan fingerprint density at radius 2 is 1.74 bits per heavy atom. The molecule has 0 radical (unpaired) electrons. The summed E-state index contributed by atoms with van der Waals surface area (Å²) in [7, 11) is -3.62. The highest BCUT2D eigenvalue weighted by molar-refractivity contribution is 7.89. The fourth-order valence-corrected chi connectivity index (χ4v) is 6.56. The van der Waals surface area contributed by atoms with Crippen LogP contribution in [0, 0.1) is 6.92 Å². The zero-order valence-corrected chi connectivity index (χ0v) is 22.8. The van der Waals surface area contributed by atoms with Crippen molar-refractivity contribution in [3.8, 4) is 0 Å². The maximum atomic E-state index is 13.2. The molecule has 3 aromatic rings. The van der Waals surface area contributed by atoms with Crippen molar-refractivity contribution in [1.82, 2.24) is 8.87 Å². The van der Waals surface area contributed by atoms with E-state index in [0.29, 0.717) is 35.0 Å². The molecule has 0 N–H and O–H groups in total. The molecule has 0 fully saturated rings. The fraction of sp³-hybridized carbons (Fsp3) is 0.385. The summed E-state index contributed by atoms with van der Waals surface area (Å²) in [5.41, 5.74) is 2.17. The molecule has 0 saturated carbocycles. The van der Waals surface area contributed by atoms with Gasteiger partial charge in [0.2, 0.25) is 10.0 Å². The Bertz CT molecular complexity index is 1370. The lowest BCUT2D eigenvalue weighted by Crippen LogP contribution is -2.33. The zero-order valence-electron chi connectivity index (χ0n) is 20.5. The Morgan fingerprint density at radius 1 is 1.11 bits per heavy atom. The molecule has 1 heterocycles. The van der Waals surface area contributed by atoms with Gasteiger partial charge in [-0.1, -0.05) is 55.7 Å². The van der Waals surface area contributed by atoms with Crippen LogP contribution < -0.4 is 4.80 Å². The normalized spacial score (nSPS) is 12.5. The maximum Gasteiger partial charge on any atom is 0.279 e. The second-order valence-corrected chi connectivity index (χ2v) is 11.7. The second kappa shape index (κ2) is 12.1. The monoisotopic (exact) mass is 533 g/mol. The largest absolute Gasteiger partial charge is 0.312 e. The maximum absolute atomic E-state index is 13.2. The number of aryl methyl sites for hydroxylation is 1. The highest BCUT2D eigenvalue weighted by atomic mass is 35.5. The molecular weight excluding hydrogens is 502 g/mol. The van der Waals surface area contributed by atoms with E-state index in [0.717, 1.165) is 41.5 Å². The molecule has 0 atom stereocenters. The standard InChI is InChI=1S/C26H32ClN3O3S2/c1-5-8-17-29(18-9-6-2)35(32,33)21-12-10-20(11-13-21)25(31)28-26-30(16-7-3)24-19(4)22(27)14-15-23(24)34-26/h7,10-15H,3,5-6,8-9,16-18H2,1-2,4H3. The first kappa shape index (κ1) is 27.3. The van der Waals surface area contributed by atoms with Gasteiger partial charge in [-0.2, -0.15) is 9.30 Å². The summed E-state index contributed by atoms with van der Waals surface area (Å²) < 4.78 is 30.8. The Kier molecular flexibility index (Phi) is 9.47. The van der Waals surface area contributed by atoms with Gasteiger partial charge in [0, 0.05) is 30.2 Å². The number of sulfonamides is 1. The molecule has 0 aliphatic heterocycles. The minimum Gasteiger partial charge on any atom is -0.312 e. The summed E-state index contributed by atoms with van der Waals surface area (Å²) in [5, 5.41) is 0.648. The van der Waals surface area contributed by atoms with Gasteiger partial charge in [0.05, 0.1) is 15.1 Å². The van der Waals surface area contributed by atoms with Crippen molar-refractivity contribution < 1.29 is 13.2 Å². The van der Waals surface area contributed by atoms with Gasteiger partial charge in [-0.25, -0.2) is 8.42 Å². The molecule has 188 valence electrons. The van der Waals surface area contributed by atoms with E-state index < -0.39 is 15.9 Å². The molecule has 35 heavy (non-hydrogen) atoms. The van der Waals surface area contributed by atoms with Crippen LogP contribution in [0.2, 0.25) is 5.02 Å². The number of allylic oxidation sites excluding steroid dienone is 1. The van der Waals surface area contributed by atoms with Gasteiger partial charge in [0.15, 0.2) is 4.80 Å². The van der Waals surface area contributed by atoms with Gasteiger partial charge in [-0.15, -0.1) is 6.58 Å². The van der Waals surface area contributed by atoms with Gasteiger partial charge in [0.1, 0.15) is 0 Å². The fourth-order valence-electron chi connectivity index (χ4n) is 3.79. The van der Waals surface area contributed by atoms with E-state index >= 15 is 0 Å². The molecule has 1 amide bonds. The predicted molar refractivity (Wildman–Crippen MR) is 145 cm³/mol. The van der Waals surface area contributed by atoms with Crippen LogP contribution >= 0.6 is 22.9 Å². The van der Waals surface area contributed by atoms with Gasteiger partial charge in [-0.3, -0.25) is 4.79 Å². The van der Waals surface area contributed by atoms with Crippen LogP contribution in [0.25, 0.3) is 10.2 Å². The number of rotatable bonds is 11. The summed E-state index contributed by atoms with van der Waals surface area (Å²) >= 11 is 7.72. The van der Waals surface area contributed by atoms with Crippen LogP contribution in [0.1, 0.15) is 55.5 Å². The minimum atomic E-state index is -3.62. The molecule has 3 rings (SSSR count). The summed E-state index contributed by atoms with van der Waals surface area (Å²) in [5.74, 6) is -0.434. The van der Waals surface area contributed by atoms with Crippen LogP contribution in [-0.4, -0.2) is 36.3 Å². The van der Waals surface area contributed by atoms with E-state index in [1.54, 1.807) is 10.4 Å². The Balaban J connectivity index is 1.95. The summed E-state index contributed by atoms with van der Waals surface area (Å²) in [6.07, 6.45) is 5.20. The average molecular weight is 534 g/mol. The van der Waals surface area contributed by atoms with E-state index in [9.17, 15) is 13.2 Å². The quantitative estimate of drug-likeness (QED) is 0.276. The number of nitrogens with zero attached hydrogens (tertiary/aromatic N) is 3. The van der Waals surface area contributed by atoms with Gasteiger partial charge in [0.25, 0.3) is 5.91 Å². The van der Waals surface area contributed by atoms with Crippen molar-refractivity contribution in [2.24, 2.45) is 4.99 Å². The molecule has 0 aliphatic rings. The molecule has 2 aromatic carbocycles. The number of halogens is 1. The number of aromatic nitrogens is 1. The number of hydrogen-bond acceptors (Lipinski definition) is 4. The topological polar surface area (TPSA) is 71.7 Å². The number of fused-ring (bicyclic) bond motifs is 1. The highest BCUT2D eigenvalue weighted by Gasteiger charge is 2.24. The van der Waals surface area contributed by atoms with Crippen molar-refractivity contribution in [2.45, 2.75) is 57.9 Å². The molecule has 0 saturated heterocycles. The smallest absolute Gasteiger partial charge is 0.279 e. The number of amides is 1. The highest BCUT2D eigenvalue weighted by Crippen LogP contribution is 2.27. The lowest BCUT2D eigenvalue weighted by molar-refractivity contribution is 0.0997. The van der Waals surface area contributed by atoms with Crippen molar-refractivity contribution in [3.63, 3.8) is 0 Å². The van der Waals surface area contributed by atoms with Crippen LogP contribution in [0.15, 0.2) is 58.9 Å². The Morgan fingerprint density at radius 3 is 2.31 bits per heavy atom. The van der Waals surface area contributed by atoms with E-state index in [-0.39, 0.29) is 4.90 Å². The lowest BCUT2D eigenvalue weighted by atomic mass is 10.2. The number of carbonyl (C=O) groups excluding carboxylic acids is 1. The van der Waals surface area contributed by atoms with Gasteiger partial charge >= 0.3 is 0 Å². The summed E-state index contributed by atoms with van der Waals surface area (Å²) in [6, 6.07) is 9.81. The third-order valence-corrected chi connectivity index (χ3v) is 9.17. The van der Waals surface area contributed by atoms with Crippen LogP contribution in [-0.2, 0) is 16.6 Å². The molecule has 0 spiro atoms. The first-order valence-electron chi connectivity index (χ1n) is 11.8. The first-order valence-corrected chi connectivity index (χ1v) is 14.5. The van der Waals surface area contributed by atoms with Crippen molar-refractivity contribution >= 4 is 49.1 Å². The van der Waals surface area contributed by atoms with E-state index in [4.69, 9.17) is 11.6 Å². The Hall–Kier alpha value is -2.26. The number of thiazole rings is 1. The molecular formula is C26H32ClN3O3S2. The molecule has 6 nitrogen and oxygen atoms in total.